The number of amides is 3. The van der Waals surface area contributed by atoms with Crippen molar-refractivity contribution >= 4 is 29.7 Å². The molecule has 8 nitrogen and oxygen atoms in total. The maximum Gasteiger partial charge on any atom is 0.245 e. The zero-order valence-electron chi connectivity index (χ0n) is 16.1. The smallest absolute Gasteiger partial charge is 0.245 e. The fourth-order valence-electron chi connectivity index (χ4n) is 2.38. The van der Waals surface area contributed by atoms with Gasteiger partial charge in [0.15, 0.2) is 5.78 Å². The number of benzene rings is 1. The molecule has 1 aromatic carbocycles. The Morgan fingerprint density at radius 1 is 1.18 bits per heavy atom. The first kappa shape index (κ1) is 22.9. The fourth-order valence-corrected chi connectivity index (χ4v) is 2.38. The molecule has 0 spiro atoms. The highest BCUT2D eigenvalue weighted by atomic mass is 19.1. The van der Waals surface area contributed by atoms with Gasteiger partial charge >= 0.3 is 0 Å². The van der Waals surface area contributed by atoms with E-state index in [-0.39, 0.29) is 19.4 Å². The summed E-state index contributed by atoms with van der Waals surface area (Å²) in [5.74, 6) is -2.41. The second kappa shape index (κ2) is 10.3. The van der Waals surface area contributed by atoms with Crippen molar-refractivity contribution in [1.82, 2.24) is 16.0 Å². The summed E-state index contributed by atoms with van der Waals surface area (Å²) in [4.78, 5) is 47.6. The van der Waals surface area contributed by atoms with Gasteiger partial charge in [-0.1, -0.05) is 12.1 Å². The number of hydrogen-bond donors (Lipinski definition) is 4. The largest absolute Gasteiger partial charge is 0.350 e. The molecule has 0 radical (unpaired) electrons. The van der Waals surface area contributed by atoms with Crippen LogP contribution in [0.3, 0.4) is 0 Å². The Kier molecular flexibility index (Phi) is 8.43. The topological polar surface area (TPSA) is 128 Å². The first-order valence-electron chi connectivity index (χ1n) is 8.70. The van der Waals surface area contributed by atoms with Gasteiger partial charge < -0.3 is 21.4 Å². The minimum Gasteiger partial charge on any atom is -0.350 e. The zero-order chi connectivity index (χ0) is 21.3. The summed E-state index contributed by atoms with van der Waals surface area (Å²) in [6.45, 7) is 4.35. The summed E-state index contributed by atoms with van der Waals surface area (Å²) in [5.41, 5.74) is -0.596. The van der Waals surface area contributed by atoms with Gasteiger partial charge in [-0.05, 0) is 38.0 Å². The lowest BCUT2D eigenvalue weighted by Crippen LogP contribution is -2.58. The summed E-state index contributed by atoms with van der Waals surface area (Å²) < 4.78 is 13.0. The van der Waals surface area contributed by atoms with Gasteiger partial charge in [0, 0.05) is 19.9 Å². The van der Waals surface area contributed by atoms with Crippen molar-refractivity contribution < 1.29 is 23.6 Å². The molecule has 9 heteroatoms. The lowest BCUT2D eigenvalue weighted by molar-refractivity contribution is -0.134. The van der Waals surface area contributed by atoms with Gasteiger partial charge in [0.1, 0.15) is 17.4 Å². The summed E-state index contributed by atoms with van der Waals surface area (Å²) in [7, 11) is 0. The molecule has 3 amide bonds. The van der Waals surface area contributed by atoms with Crippen molar-refractivity contribution in [3.63, 3.8) is 0 Å². The summed E-state index contributed by atoms with van der Waals surface area (Å²) >= 11 is 0. The Morgan fingerprint density at radius 2 is 1.79 bits per heavy atom. The maximum atomic E-state index is 13.0. The number of hydrogen-bond acceptors (Lipinski definition) is 5. The molecule has 0 aromatic heterocycles. The highest BCUT2D eigenvalue weighted by molar-refractivity contribution is 6.26. The molecule has 1 aromatic rings. The van der Waals surface area contributed by atoms with Gasteiger partial charge in [-0.15, -0.1) is 0 Å². The standard InChI is InChI=1S/C19H25FN4O4/c1-12(25)24-19(2,3)18(28)23-16(9-8-15(26)10-21)17(27)22-11-13-4-6-14(20)7-5-13/h4-7,10,16,21H,8-9,11H2,1-3H3,(H,22,27)(H,23,28)(H,24,25)/t16-/m0/s1. The van der Waals surface area contributed by atoms with Crippen molar-refractivity contribution in [2.45, 2.75) is 51.7 Å². The number of ketones is 1. The van der Waals surface area contributed by atoms with Crippen molar-refractivity contribution in [3.05, 3.63) is 35.6 Å². The average molecular weight is 392 g/mol. The van der Waals surface area contributed by atoms with Gasteiger partial charge in [0.05, 0.1) is 6.21 Å². The summed E-state index contributed by atoms with van der Waals surface area (Å²) in [5, 5.41) is 14.6. The Labute approximate surface area is 162 Å². The molecule has 28 heavy (non-hydrogen) atoms. The lowest BCUT2D eigenvalue weighted by Gasteiger charge is -2.27. The van der Waals surface area contributed by atoms with Crippen molar-refractivity contribution in [1.29, 1.82) is 5.41 Å². The van der Waals surface area contributed by atoms with E-state index in [0.717, 1.165) is 0 Å². The number of halogens is 1. The van der Waals surface area contributed by atoms with E-state index in [1.165, 1.54) is 45.0 Å². The van der Waals surface area contributed by atoms with E-state index >= 15 is 0 Å². The molecule has 1 atom stereocenters. The first-order valence-corrected chi connectivity index (χ1v) is 8.70. The molecular weight excluding hydrogens is 367 g/mol. The molecule has 0 heterocycles. The molecule has 4 N–H and O–H groups in total. The molecule has 0 saturated heterocycles. The van der Waals surface area contributed by atoms with Crippen LogP contribution in [0.5, 0.6) is 0 Å². The SMILES string of the molecule is CC(=O)NC(C)(C)C(=O)N[C@@H](CCC(=O)C=N)C(=O)NCc1ccc(F)cc1. The third-order valence-electron chi connectivity index (χ3n) is 3.90. The zero-order valence-corrected chi connectivity index (χ0v) is 16.1. The predicted octanol–water partition coefficient (Wildman–Crippen LogP) is 0.840. The van der Waals surface area contributed by atoms with Gasteiger partial charge in [0.2, 0.25) is 17.7 Å². The molecular formula is C19H25FN4O4. The van der Waals surface area contributed by atoms with Crippen LogP contribution in [0.2, 0.25) is 0 Å². The van der Waals surface area contributed by atoms with E-state index in [4.69, 9.17) is 5.41 Å². The maximum absolute atomic E-state index is 13.0. The van der Waals surface area contributed by atoms with Crippen LogP contribution in [0.15, 0.2) is 24.3 Å². The Bertz CT molecular complexity index is 747. The van der Waals surface area contributed by atoms with Gasteiger partial charge in [-0.3, -0.25) is 19.2 Å². The minimum atomic E-state index is -1.26. The van der Waals surface area contributed by atoms with E-state index in [1.54, 1.807) is 0 Å². The lowest BCUT2D eigenvalue weighted by atomic mass is 10.0. The molecule has 0 saturated carbocycles. The summed E-state index contributed by atoms with van der Waals surface area (Å²) in [6.07, 6.45) is 0.543. The van der Waals surface area contributed by atoms with Crippen LogP contribution in [-0.4, -0.2) is 41.3 Å². The quantitative estimate of drug-likeness (QED) is 0.440. The highest BCUT2D eigenvalue weighted by Gasteiger charge is 2.32. The average Bonchev–Trinajstić information content (AvgIpc) is 2.62. The van der Waals surface area contributed by atoms with Crippen LogP contribution in [0.4, 0.5) is 4.39 Å². The molecule has 0 aliphatic rings. The monoisotopic (exact) mass is 392 g/mol. The second-order valence-electron chi connectivity index (χ2n) is 6.83. The van der Waals surface area contributed by atoms with E-state index in [9.17, 15) is 23.6 Å². The number of carbonyl (C=O) groups is 4. The Morgan fingerprint density at radius 3 is 2.32 bits per heavy atom. The van der Waals surface area contributed by atoms with E-state index in [1.807, 2.05) is 0 Å². The van der Waals surface area contributed by atoms with Gasteiger partial charge in [-0.25, -0.2) is 4.39 Å². The Balaban J connectivity index is 2.81. The number of Topliss-reactive ketones (excluding diaryl/α,β-unsaturated/α-hetero) is 1. The van der Waals surface area contributed by atoms with Gasteiger partial charge in [-0.2, -0.15) is 0 Å². The minimum absolute atomic E-state index is 0.00858. The van der Waals surface area contributed by atoms with Crippen molar-refractivity contribution in [2.24, 2.45) is 0 Å². The number of carbonyl (C=O) groups excluding carboxylic acids is 4. The number of rotatable bonds is 10. The molecule has 0 aliphatic carbocycles. The summed E-state index contributed by atoms with van der Waals surface area (Å²) in [6, 6.07) is 4.52. The van der Waals surface area contributed by atoms with E-state index < -0.39 is 40.9 Å². The molecule has 0 aliphatic heterocycles. The van der Waals surface area contributed by atoms with Crippen LogP contribution in [-0.2, 0) is 25.7 Å². The molecule has 1 rings (SSSR count). The first-order chi connectivity index (χ1) is 13.0. The van der Waals surface area contributed by atoms with Crippen LogP contribution < -0.4 is 16.0 Å². The van der Waals surface area contributed by atoms with Crippen molar-refractivity contribution in [3.8, 4) is 0 Å². The predicted molar refractivity (Wildman–Crippen MR) is 101 cm³/mol. The van der Waals surface area contributed by atoms with Crippen LogP contribution in [0, 0.1) is 11.2 Å². The Hall–Kier alpha value is -3.10. The van der Waals surface area contributed by atoms with Gasteiger partial charge in [0.25, 0.3) is 0 Å². The highest BCUT2D eigenvalue weighted by Crippen LogP contribution is 2.07. The van der Waals surface area contributed by atoms with Crippen LogP contribution in [0.1, 0.15) is 39.2 Å². The number of nitrogens with one attached hydrogen (secondary N) is 4. The van der Waals surface area contributed by atoms with E-state index in [0.29, 0.717) is 11.8 Å². The molecule has 0 unspecified atom stereocenters. The normalized spacial score (nSPS) is 11.9. The molecule has 0 fully saturated rings. The van der Waals surface area contributed by atoms with Crippen molar-refractivity contribution in [2.75, 3.05) is 0 Å². The third kappa shape index (κ3) is 7.65. The fraction of sp³-hybridized carbons (Fsp3) is 0.421. The van der Waals surface area contributed by atoms with Crippen LogP contribution >= 0.6 is 0 Å². The third-order valence-corrected chi connectivity index (χ3v) is 3.90. The molecule has 152 valence electrons. The second-order valence-corrected chi connectivity index (χ2v) is 6.83. The van der Waals surface area contributed by atoms with E-state index in [2.05, 4.69) is 16.0 Å². The van der Waals surface area contributed by atoms with Crippen LogP contribution in [0.25, 0.3) is 0 Å². The molecule has 0 bridgehead atoms.